The monoisotopic (exact) mass is 288 g/mol. The van der Waals surface area contributed by atoms with Crippen LogP contribution in [0.2, 0.25) is 0 Å². The third kappa shape index (κ3) is 4.31. The molecule has 4 nitrogen and oxygen atoms in total. The second kappa shape index (κ2) is 6.29. The van der Waals surface area contributed by atoms with Crippen LogP contribution in [0.1, 0.15) is 32.8 Å². The van der Waals surface area contributed by atoms with Crippen molar-refractivity contribution in [1.82, 2.24) is 0 Å². The van der Waals surface area contributed by atoms with Gasteiger partial charge in [-0.15, -0.1) is 0 Å². The molecule has 2 rings (SSSR count). The van der Waals surface area contributed by atoms with Crippen LogP contribution in [0.4, 0.5) is 0 Å². The van der Waals surface area contributed by atoms with Gasteiger partial charge in [-0.25, -0.2) is 4.99 Å². The van der Waals surface area contributed by atoms with E-state index in [1.54, 1.807) is 0 Å². The fraction of sp³-hybridized carbons (Fsp3) is 0.529. The molecule has 0 radical (unpaired) electrons. The van der Waals surface area contributed by atoms with Crippen molar-refractivity contribution in [2.45, 2.75) is 39.7 Å². The van der Waals surface area contributed by atoms with Crippen molar-refractivity contribution in [3.63, 3.8) is 0 Å². The predicted molar refractivity (Wildman–Crippen MR) is 84.1 cm³/mol. The molecule has 0 aromatic heterocycles. The maximum atomic E-state index is 11.3. The molecule has 0 bridgehead atoms. The van der Waals surface area contributed by atoms with E-state index in [0.717, 1.165) is 6.42 Å². The first-order valence-electron chi connectivity index (χ1n) is 7.39. The van der Waals surface area contributed by atoms with Gasteiger partial charge in [-0.2, -0.15) is 0 Å². The quantitative estimate of drug-likeness (QED) is 0.905. The Hall–Kier alpha value is -1.84. The predicted octanol–water partition coefficient (Wildman–Crippen LogP) is 2.56. The van der Waals surface area contributed by atoms with E-state index in [2.05, 4.69) is 37.9 Å². The number of aliphatic imine (C=N–C) groups is 1. The second-order valence-corrected chi connectivity index (χ2v) is 6.71. The fourth-order valence-electron chi connectivity index (χ4n) is 2.58. The van der Waals surface area contributed by atoms with Gasteiger partial charge in [-0.3, -0.25) is 4.79 Å². The Bertz CT molecular complexity index is 517. The minimum atomic E-state index is -0.312. The highest BCUT2D eigenvalue weighted by Crippen LogP contribution is 2.32. The Balaban J connectivity index is 2.09. The minimum Gasteiger partial charge on any atom is -0.478 e. The van der Waals surface area contributed by atoms with Gasteiger partial charge in [0.25, 0.3) is 0 Å². The first kappa shape index (κ1) is 15.5. The molecule has 1 aliphatic rings. The smallest absolute Gasteiger partial charge is 0.218 e. The number of hydrogen-bond donors (Lipinski definition) is 1. The van der Waals surface area contributed by atoms with E-state index in [4.69, 9.17) is 10.5 Å². The van der Waals surface area contributed by atoms with Crippen LogP contribution in [0.5, 0.6) is 0 Å². The van der Waals surface area contributed by atoms with E-state index < -0.39 is 0 Å². The molecule has 0 unspecified atom stereocenters. The molecule has 2 N–H and O–H groups in total. The topological polar surface area (TPSA) is 64.7 Å². The number of nitrogens with two attached hydrogens (primary N) is 1. The summed E-state index contributed by atoms with van der Waals surface area (Å²) in [6.07, 6.45) is 1.14. The Morgan fingerprint density at radius 1 is 1.38 bits per heavy atom. The van der Waals surface area contributed by atoms with Crippen LogP contribution in [0, 0.1) is 11.3 Å². The summed E-state index contributed by atoms with van der Waals surface area (Å²) in [5.74, 6) is 0.311. The summed E-state index contributed by atoms with van der Waals surface area (Å²) in [6, 6.07) is 10.4. The van der Waals surface area contributed by atoms with Crippen molar-refractivity contribution >= 4 is 11.8 Å². The molecule has 0 saturated carbocycles. The second-order valence-electron chi connectivity index (χ2n) is 6.71. The van der Waals surface area contributed by atoms with Crippen molar-refractivity contribution in [2.75, 3.05) is 6.61 Å². The summed E-state index contributed by atoms with van der Waals surface area (Å²) in [5.41, 5.74) is 6.51. The molecule has 1 heterocycles. The summed E-state index contributed by atoms with van der Waals surface area (Å²) >= 11 is 0. The van der Waals surface area contributed by atoms with Gasteiger partial charge < -0.3 is 10.5 Å². The lowest BCUT2D eigenvalue weighted by Gasteiger charge is -2.28. The van der Waals surface area contributed by atoms with Gasteiger partial charge in [0, 0.05) is 12.3 Å². The van der Waals surface area contributed by atoms with Crippen LogP contribution in [-0.2, 0) is 16.0 Å². The molecule has 21 heavy (non-hydrogen) atoms. The highest BCUT2D eigenvalue weighted by Gasteiger charge is 2.35. The molecule has 1 amide bonds. The molecule has 4 heteroatoms. The summed E-state index contributed by atoms with van der Waals surface area (Å²) in [5, 5.41) is 0. The van der Waals surface area contributed by atoms with Crippen molar-refractivity contribution in [2.24, 2.45) is 22.1 Å². The Morgan fingerprint density at radius 2 is 2.05 bits per heavy atom. The number of carbonyl (C=O) groups excluding carboxylic acids is 1. The zero-order valence-electron chi connectivity index (χ0n) is 13.0. The summed E-state index contributed by atoms with van der Waals surface area (Å²) in [6.45, 7) is 6.82. The third-order valence-electron chi connectivity index (χ3n) is 3.80. The highest BCUT2D eigenvalue weighted by molar-refractivity contribution is 5.86. The number of ether oxygens (including phenoxy) is 1. The number of primary amides is 1. The molecule has 1 aromatic rings. The van der Waals surface area contributed by atoms with E-state index >= 15 is 0 Å². The number of hydrogen-bond acceptors (Lipinski definition) is 3. The van der Waals surface area contributed by atoms with E-state index in [1.807, 2.05) is 18.2 Å². The number of benzene rings is 1. The highest BCUT2D eigenvalue weighted by atomic mass is 16.5. The van der Waals surface area contributed by atoms with E-state index in [0.29, 0.717) is 12.5 Å². The SMILES string of the molecule is CC(C)(C)[C@H](CC(N)=O)C1=N[C@@H](Cc2ccccc2)CO1. The molecular formula is C17H24N2O2. The van der Waals surface area contributed by atoms with Crippen LogP contribution >= 0.6 is 0 Å². The normalized spacial score (nSPS) is 19.8. The van der Waals surface area contributed by atoms with E-state index in [1.165, 1.54) is 5.56 Å². The number of nitrogens with zero attached hydrogens (tertiary/aromatic N) is 1. The minimum absolute atomic E-state index is 0.0595. The lowest BCUT2D eigenvalue weighted by atomic mass is 9.78. The molecule has 0 fully saturated rings. The third-order valence-corrected chi connectivity index (χ3v) is 3.80. The van der Waals surface area contributed by atoms with Crippen molar-refractivity contribution in [3.8, 4) is 0 Å². The largest absolute Gasteiger partial charge is 0.478 e. The first-order chi connectivity index (χ1) is 9.86. The molecule has 0 aliphatic carbocycles. The van der Waals surface area contributed by atoms with Gasteiger partial charge in [0.1, 0.15) is 6.61 Å². The molecule has 114 valence electrons. The summed E-state index contributed by atoms with van der Waals surface area (Å²) < 4.78 is 5.77. The number of amides is 1. The zero-order valence-corrected chi connectivity index (χ0v) is 13.0. The molecule has 2 atom stereocenters. The van der Waals surface area contributed by atoms with Crippen LogP contribution in [-0.4, -0.2) is 24.5 Å². The maximum Gasteiger partial charge on any atom is 0.218 e. The van der Waals surface area contributed by atoms with Crippen LogP contribution in [0.25, 0.3) is 0 Å². The number of carbonyl (C=O) groups is 1. The Labute approximate surface area is 126 Å². The van der Waals surface area contributed by atoms with Crippen LogP contribution in [0.3, 0.4) is 0 Å². The fourth-order valence-corrected chi connectivity index (χ4v) is 2.58. The van der Waals surface area contributed by atoms with E-state index in [9.17, 15) is 4.79 Å². The van der Waals surface area contributed by atoms with Gasteiger partial charge in [-0.05, 0) is 17.4 Å². The molecule has 0 saturated heterocycles. The molecule has 1 aromatic carbocycles. The van der Waals surface area contributed by atoms with Crippen molar-refractivity contribution in [3.05, 3.63) is 35.9 Å². The van der Waals surface area contributed by atoms with Gasteiger partial charge in [0.2, 0.25) is 5.91 Å². The van der Waals surface area contributed by atoms with Crippen molar-refractivity contribution < 1.29 is 9.53 Å². The average Bonchev–Trinajstić information content (AvgIpc) is 2.84. The van der Waals surface area contributed by atoms with Crippen LogP contribution < -0.4 is 5.73 Å². The van der Waals surface area contributed by atoms with Crippen molar-refractivity contribution in [1.29, 1.82) is 0 Å². The Kier molecular flexibility index (Phi) is 4.66. The summed E-state index contributed by atoms with van der Waals surface area (Å²) in [7, 11) is 0. The van der Waals surface area contributed by atoms with Gasteiger partial charge in [0.15, 0.2) is 5.90 Å². The molecule has 1 aliphatic heterocycles. The molecular weight excluding hydrogens is 264 g/mol. The zero-order chi connectivity index (χ0) is 15.5. The number of rotatable bonds is 5. The van der Waals surface area contributed by atoms with E-state index in [-0.39, 0.29) is 29.7 Å². The van der Waals surface area contributed by atoms with Crippen LogP contribution in [0.15, 0.2) is 35.3 Å². The Morgan fingerprint density at radius 3 is 2.62 bits per heavy atom. The van der Waals surface area contributed by atoms with Gasteiger partial charge >= 0.3 is 0 Å². The lowest BCUT2D eigenvalue weighted by molar-refractivity contribution is -0.119. The lowest BCUT2D eigenvalue weighted by Crippen LogP contribution is -2.33. The summed E-state index contributed by atoms with van der Waals surface area (Å²) in [4.78, 5) is 16.0. The standard InChI is InChI=1S/C17H24N2O2/c1-17(2,3)14(10-15(18)20)16-19-13(11-21-16)9-12-7-5-4-6-8-12/h4-8,13-14H,9-11H2,1-3H3,(H2,18,20)/t13-,14+/m0/s1. The first-order valence-corrected chi connectivity index (χ1v) is 7.39. The molecule has 0 spiro atoms. The van der Waals surface area contributed by atoms with Gasteiger partial charge in [0.05, 0.1) is 6.04 Å². The average molecular weight is 288 g/mol. The maximum absolute atomic E-state index is 11.3. The van der Waals surface area contributed by atoms with Gasteiger partial charge in [-0.1, -0.05) is 51.1 Å².